The molecule has 0 aliphatic carbocycles. The van der Waals surface area contributed by atoms with Crippen LogP contribution in [0.1, 0.15) is 0 Å². The van der Waals surface area contributed by atoms with Crippen LogP contribution in [0.5, 0.6) is 17.2 Å². The normalized spacial score (nSPS) is 10.3. The lowest BCUT2D eigenvalue weighted by Crippen LogP contribution is -1.85. The molecule has 8 heteroatoms. The molecule has 4 rings (SSSR count). The largest absolute Gasteiger partial charge is 0.508 e. The van der Waals surface area contributed by atoms with Gasteiger partial charge in [0.15, 0.2) is 0 Å². The first-order valence-electron chi connectivity index (χ1n) is 8.28. The molecule has 0 radical (unpaired) electrons. The highest BCUT2D eigenvalue weighted by molar-refractivity contribution is 5.61. The number of aromatic nitrogens is 2. The standard InChI is InChI=1S/C20H13N5O3/c21-25-23-15-2-1-3-18(12-15)27-17-10-6-13(7-11-17)19-22-20(28-24-19)14-4-8-16(26)9-5-14/h1-12,26H. The molecular formula is C20H13N5O3. The summed E-state index contributed by atoms with van der Waals surface area (Å²) in [6.45, 7) is 0. The van der Waals surface area contributed by atoms with Crippen molar-refractivity contribution in [3.63, 3.8) is 0 Å². The van der Waals surface area contributed by atoms with E-state index in [2.05, 4.69) is 20.2 Å². The SMILES string of the molecule is [N-]=[N+]=Nc1cccc(Oc2ccc(-c3noc(-c4ccc(O)cc4)n3)cc2)c1. The summed E-state index contributed by atoms with van der Waals surface area (Å²) in [7, 11) is 0. The number of nitrogens with zero attached hydrogens (tertiary/aromatic N) is 5. The van der Waals surface area contributed by atoms with Gasteiger partial charge in [-0.2, -0.15) is 4.98 Å². The van der Waals surface area contributed by atoms with E-state index in [1.165, 1.54) is 0 Å². The van der Waals surface area contributed by atoms with Gasteiger partial charge >= 0.3 is 0 Å². The summed E-state index contributed by atoms with van der Waals surface area (Å²) < 4.78 is 11.1. The smallest absolute Gasteiger partial charge is 0.258 e. The van der Waals surface area contributed by atoms with Gasteiger partial charge in [0.05, 0.1) is 0 Å². The molecule has 3 aromatic carbocycles. The Labute approximate surface area is 159 Å². The lowest BCUT2D eigenvalue weighted by molar-refractivity contribution is 0.432. The fourth-order valence-corrected chi connectivity index (χ4v) is 2.53. The van der Waals surface area contributed by atoms with E-state index in [9.17, 15) is 5.11 Å². The van der Waals surface area contributed by atoms with Crippen molar-refractivity contribution in [2.45, 2.75) is 0 Å². The van der Waals surface area contributed by atoms with Gasteiger partial charge in [0.2, 0.25) is 5.82 Å². The van der Waals surface area contributed by atoms with Crippen LogP contribution in [0.25, 0.3) is 33.3 Å². The zero-order valence-electron chi connectivity index (χ0n) is 14.4. The quantitative estimate of drug-likeness (QED) is 0.268. The zero-order chi connectivity index (χ0) is 19.3. The summed E-state index contributed by atoms with van der Waals surface area (Å²) in [5, 5.41) is 16.9. The number of phenolic OH excluding ortho intramolecular Hbond substituents is 1. The maximum absolute atomic E-state index is 9.36. The van der Waals surface area contributed by atoms with Gasteiger partial charge in [-0.1, -0.05) is 22.4 Å². The molecule has 0 atom stereocenters. The van der Waals surface area contributed by atoms with Crippen molar-refractivity contribution in [2.75, 3.05) is 0 Å². The number of hydrogen-bond acceptors (Lipinski definition) is 6. The third kappa shape index (κ3) is 3.77. The third-order valence-corrected chi connectivity index (χ3v) is 3.87. The summed E-state index contributed by atoms with van der Waals surface area (Å²) in [4.78, 5) is 7.14. The molecule has 0 unspecified atom stereocenters. The molecule has 8 nitrogen and oxygen atoms in total. The Hall–Kier alpha value is -4.29. The Morgan fingerprint density at radius 1 is 0.929 bits per heavy atom. The minimum absolute atomic E-state index is 0.170. The van der Waals surface area contributed by atoms with Crippen LogP contribution in [0.4, 0.5) is 5.69 Å². The van der Waals surface area contributed by atoms with Gasteiger partial charge in [-0.3, -0.25) is 0 Å². The highest BCUT2D eigenvalue weighted by atomic mass is 16.5. The van der Waals surface area contributed by atoms with Crippen molar-refractivity contribution >= 4 is 5.69 Å². The van der Waals surface area contributed by atoms with Gasteiger partial charge in [-0.05, 0) is 66.2 Å². The number of azide groups is 1. The topological polar surface area (TPSA) is 117 Å². The van der Waals surface area contributed by atoms with Crippen molar-refractivity contribution < 1.29 is 14.4 Å². The molecule has 0 aliphatic heterocycles. The highest BCUT2D eigenvalue weighted by Gasteiger charge is 2.11. The van der Waals surface area contributed by atoms with E-state index in [0.717, 1.165) is 11.1 Å². The molecule has 0 saturated carbocycles. The first-order valence-corrected chi connectivity index (χ1v) is 8.28. The summed E-state index contributed by atoms with van der Waals surface area (Å²) in [5.74, 6) is 2.16. The fourth-order valence-electron chi connectivity index (χ4n) is 2.53. The van der Waals surface area contributed by atoms with Crippen molar-refractivity contribution in [1.29, 1.82) is 0 Å². The maximum Gasteiger partial charge on any atom is 0.258 e. The predicted octanol–water partition coefficient (Wildman–Crippen LogP) is 5.84. The van der Waals surface area contributed by atoms with E-state index in [-0.39, 0.29) is 5.75 Å². The summed E-state index contributed by atoms with van der Waals surface area (Å²) in [5.41, 5.74) is 10.5. The van der Waals surface area contributed by atoms with Crippen molar-refractivity contribution in [3.8, 4) is 40.1 Å². The van der Waals surface area contributed by atoms with Crippen LogP contribution >= 0.6 is 0 Å². The molecule has 28 heavy (non-hydrogen) atoms. The van der Waals surface area contributed by atoms with Gasteiger partial charge in [0.1, 0.15) is 17.2 Å². The van der Waals surface area contributed by atoms with E-state index in [4.69, 9.17) is 14.8 Å². The molecule has 136 valence electrons. The van der Waals surface area contributed by atoms with Crippen LogP contribution in [-0.4, -0.2) is 15.2 Å². The van der Waals surface area contributed by atoms with Gasteiger partial charge in [-0.15, -0.1) is 0 Å². The number of hydrogen-bond donors (Lipinski definition) is 1. The Balaban J connectivity index is 1.51. The lowest BCUT2D eigenvalue weighted by Gasteiger charge is -2.06. The van der Waals surface area contributed by atoms with Crippen LogP contribution in [0.2, 0.25) is 0 Å². The molecule has 1 heterocycles. The van der Waals surface area contributed by atoms with E-state index < -0.39 is 0 Å². The Kier molecular flexibility index (Phi) is 4.61. The van der Waals surface area contributed by atoms with E-state index >= 15 is 0 Å². The molecule has 0 saturated heterocycles. The monoisotopic (exact) mass is 371 g/mol. The number of benzene rings is 3. The minimum atomic E-state index is 0.170. The second-order valence-corrected chi connectivity index (χ2v) is 5.78. The Bertz CT molecular complexity index is 1150. The number of aromatic hydroxyl groups is 1. The molecule has 0 fully saturated rings. The zero-order valence-corrected chi connectivity index (χ0v) is 14.4. The van der Waals surface area contributed by atoms with Gasteiger partial charge < -0.3 is 14.4 Å². The van der Waals surface area contributed by atoms with Crippen molar-refractivity contribution in [2.24, 2.45) is 5.11 Å². The summed E-state index contributed by atoms with van der Waals surface area (Å²) >= 11 is 0. The molecule has 0 spiro atoms. The molecule has 0 aliphatic rings. The first kappa shape index (κ1) is 17.1. The van der Waals surface area contributed by atoms with E-state index in [1.54, 1.807) is 60.7 Å². The maximum atomic E-state index is 9.36. The first-order chi connectivity index (χ1) is 13.7. The summed E-state index contributed by atoms with van der Waals surface area (Å²) in [6, 6.07) is 20.6. The molecule has 1 N–H and O–H groups in total. The van der Waals surface area contributed by atoms with Crippen LogP contribution in [0, 0.1) is 0 Å². The Morgan fingerprint density at radius 3 is 2.43 bits per heavy atom. The average Bonchev–Trinajstić information content (AvgIpc) is 3.20. The fraction of sp³-hybridized carbons (Fsp3) is 0. The molecule has 0 amide bonds. The van der Waals surface area contributed by atoms with Crippen LogP contribution in [0.3, 0.4) is 0 Å². The molecule has 4 aromatic rings. The molecule has 1 aromatic heterocycles. The third-order valence-electron chi connectivity index (χ3n) is 3.87. The highest BCUT2D eigenvalue weighted by Crippen LogP contribution is 2.28. The molecule has 0 bridgehead atoms. The number of phenols is 1. The number of rotatable bonds is 5. The number of ether oxygens (including phenoxy) is 1. The summed E-state index contributed by atoms with van der Waals surface area (Å²) in [6.07, 6.45) is 0. The molecular weight excluding hydrogens is 358 g/mol. The lowest BCUT2D eigenvalue weighted by atomic mass is 10.2. The van der Waals surface area contributed by atoms with Crippen molar-refractivity contribution in [3.05, 3.63) is 83.2 Å². The second-order valence-electron chi connectivity index (χ2n) is 5.78. The van der Waals surface area contributed by atoms with Gasteiger partial charge in [-0.25, -0.2) is 0 Å². The van der Waals surface area contributed by atoms with Gasteiger partial charge in [0.25, 0.3) is 5.89 Å². The predicted molar refractivity (Wildman–Crippen MR) is 102 cm³/mol. The van der Waals surface area contributed by atoms with Crippen LogP contribution in [-0.2, 0) is 0 Å². The van der Waals surface area contributed by atoms with E-state index in [1.807, 2.05) is 12.1 Å². The van der Waals surface area contributed by atoms with Crippen LogP contribution in [0.15, 0.2) is 82.4 Å². The van der Waals surface area contributed by atoms with Crippen molar-refractivity contribution in [1.82, 2.24) is 10.1 Å². The van der Waals surface area contributed by atoms with Crippen LogP contribution < -0.4 is 4.74 Å². The van der Waals surface area contributed by atoms with E-state index in [0.29, 0.717) is 28.9 Å². The second kappa shape index (κ2) is 7.53. The Morgan fingerprint density at radius 2 is 1.68 bits per heavy atom. The minimum Gasteiger partial charge on any atom is -0.508 e. The average molecular weight is 371 g/mol. The van der Waals surface area contributed by atoms with Gasteiger partial charge in [0, 0.05) is 21.7 Å².